The van der Waals surface area contributed by atoms with Crippen molar-refractivity contribution in [3.8, 4) is 5.75 Å². The first-order chi connectivity index (χ1) is 17.5. The molecule has 0 fully saturated rings. The molecular formula is C25H22N4O7S. The van der Waals surface area contributed by atoms with Crippen LogP contribution in [0, 0.1) is 0 Å². The lowest BCUT2D eigenvalue weighted by Gasteiger charge is -2.22. The van der Waals surface area contributed by atoms with Gasteiger partial charge in [0, 0.05) is 0 Å². The summed E-state index contributed by atoms with van der Waals surface area (Å²) in [4.78, 5) is 42.8. The Kier molecular flexibility index (Phi) is 7.05. The molecule has 0 radical (unpaired) electrons. The number of rotatable bonds is 8. The maximum absolute atomic E-state index is 12.7. The second-order valence-corrected chi connectivity index (χ2v) is 9.70. The minimum Gasteiger partial charge on any atom is -0.423 e. The minimum atomic E-state index is -3.95. The van der Waals surface area contributed by atoms with Gasteiger partial charge >= 0.3 is 5.97 Å². The molecule has 1 unspecified atom stereocenters. The zero-order valence-electron chi connectivity index (χ0n) is 19.5. The lowest BCUT2D eigenvalue weighted by Crippen LogP contribution is -2.35. The van der Waals surface area contributed by atoms with E-state index in [0.29, 0.717) is 11.3 Å². The lowest BCUT2D eigenvalue weighted by molar-refractivity contribution is 0.0574. The van der Waals surface area contributed by atoms with Crippen molar-refractivity contribution in [3.63, 3.8) is 0 Å². The molecule has 1 atom stereocenters. The van der Waals surface area contributed by atoms with Crippen LogP contribution in [0.3, 0.4) is 0 Å². The summed E-state index contributed by atoms with van der Waals surface area (Å²) in [7, 11) is -3.95. The van der Waals surface area contributed by atoms with E-state index in [0.717, 1.165) is 11.2 Å². The van der Waals surface area contributed by atoms with Crippen molar-refractivity contribution in [2.75, 3.05) is 12.8 Å². The summed E-state index contributed by atoms with van der Waals surface area (Å²) in [6, 6.07) is 18.3. The van der Waals surface area contributed by atoms with Gasteiger partial charge < -0.3 is 16.2 Å². The quantitative estimate of drug-likeness (QED) is 0.112. The van der Waals surface area contributed by atoms with Gasteiger partial charge in [-0.3, -0.25) is 18.7 Å². The van der Waals surface area contributed by atoms with Crippen molar-refractivity contribution in [2.45, 2.75) is 6.10 Å². The zero-order valence-corrected chi connectivity index (χ0v) is 20.3. The summed E-state index contributed by atoms with van der Waals surface area (Å²) in [5, 5.41) is 0. The van der Waals surface area contributed by atoms with Gasteiger partial charge in [-0.2, -0.15) is 8.42 Å². The third-order valence-corrected chi connectivity index (χ3v) is 5.92. The highest BCUT2D eigenvalue weighted by molar-refractivity contribution is 7.86. The molecule has 190 valence electrons. The van der Waals surface area contributed by atoms with Gasteiger partial charge in [-0.25, -0.2) is 9.79 Å². The van der Waals surface area contributed by atoms with Crippen molar-refractivity contribution >= 4 is 39.5 Å². The van der Waals surface area contributed by atoms with E-state index in [-0.39, 0.29) is 34.9 Å². The van der Waals surface area contributed by atoms with Crippen LogP contribution < -0.4 is 16.2 Å². The van der Waals surface area contributed by atoms with Crippen LogP contribution in [0.15, 0.2) is 77.8 Å². The van der Waals surface area contributed by atoms with E-state index in [1.807, 2.05) is 0 Å². The third kappa shape index (κ3) is 6.00. The maximum atomic E-state index is 12.7. The highest BCUT2D eigenvalue weighted by Gasteiger charge is 2.37. The highest BCUT2D eigenvalue weighted by Crippen LogP contribution is 2.29. The monoisotopic (exact) mass is 522 g/mol. The Balaban J connectivity index is 1.50. The van der Waals surface area contributed by atoms with E-state index < -0.39 is 34.0 Å². The summed E-state index contributed by atoms with van der Waals surface area (Å²) in [5.74, 6) is -1.66. The Morgan fingerprint density at radius 3 is 2.00 bits per heavy atom. The molecule has 0 aliphatic carbocycles. The summed E-state index contributed by atoms with van der Waals surface area (Å²) < 4.78 is 34.4. The smallest absolute Gasteiger partial charge is 0.343 e. The van der Waals surface area contributed by atoms with Gasteiger partial charge in [-0.15, -0.1) is 0 Å². The van der Waals surface area contributed by atoms with Gasteiger partial charge in [-0.1, -0.05) is 24.3 Å². The fourth-order valence-electron chi connectivity index (χ4n) is 3.71. The van der Waals surface area contributed by atoms with Crippen molar-refractivity contribution in [3.05, 3.63) is 95.1 Å². The van der Waals surface area contributed by atoms with Crippen molar-refractivity contribution < 1.29 is 31.7 Å². The number of ether oxygens (including phenoxy) is 1. The largest absolute Gasteiger partial charge is 0.423 e. The zero-order chi connectivity index (χ0) is 26.7. The van der Waals surface area contributed by atoms with E-state index in [1.54, 1.807) is 24.3 Å². The molecule has 37 heavy (non-hydrogen) atoms. The predicted molar refractivity (Wildman–Crippen MR) is 134 cm³/mol. The molecule has 4 N–H and O–H groups in total. The number of imide groups is 1. The van der Waals surface area contributed by atoms with Crippen LogP contribution in [-0.2, 0) is 14.3 Å². The Hall–Kier alpha value is -4.55. The molecule has 11 nitrogen and oxygen atoms in total. The number of aliphatic imine (C=N–C) groups is 1. The molecule has 4 rings (SSSR count). The maximum Gasteiger partial charge on any atom is 0.343 e. The second kappa shape index (κ2) is 10.2. The predicted octanol–water partition coefficient (Wildman–Crippen LogP) is 2.12. The van der Waals surface area contributed by atoms with Crippen molar-refractivity contribution in [1.29, 1.82) is 0 Å². The first-order valence-corrected chi connectivity index (χ1v) is 12.7. The average Bonchev–Trinajstić information content (AvgIpc) is 3.08. The Morgan fingerprint density at radius 2 is 1.49 bits per heavy atom. The van der Waals surface area contributed by atoms with Crippen LogP contribution in [0.4, 0.5) is 5.69 Å². The van der Waals surface area contributed by atoms with Crippen LogP contribution in [0.5, 0.6) is 5.75 Å². The molecule has 0 bridgehead atoms. The normalized spacial score (nSPS) is 13.7. The van der Waals surface area contributed by atoms with Crippen molar-refractivity contribution in [1.82, 2.24) is 4.90 Å². The standard InChI is InChI=1S/C25H22N4O7S/c1-37(33,34)36-21(14-29-22(30)19-4-2-3-5-20(19)23(29)31)15-8-12-18(13-9-15)35-24(32)16-6-10-17(11-7-16)28-25(26)27/h2-13,21H,14H2,1H3,(H4,26,27,28). The number of carbonyl (C=O) groups excluding carboxylic acids is 3. The number of hydrogen-bond acceptors (Lipinski definition) is 8. The number of amides is 2. The van der Waals surface area contributed by atoms with Crippen LogP contribution in [0.2, 0.25) is 0 Å². The van der Waals surface area contributed by atoms with Gasteiger partial charge in [0.1, 0.15) is 11.9 Å². The van der Waals surface area contributed by atoms with Gasteiger partial charge in [0.05, 0.1) is 35.2 Å². The molecule has 2 amide bonds. The number of carbonyl (C=O) groups is 3. The molecule has 3 aromatic rings. The van der Waals surface area contributed by atoms with E-state index in [4.69, 9.17) is 20.4 Å². The number of nitrogens with zero attached hydrogens (tertiary/aromatic N) is 2. The summed E-state index contributed by atoms with van der Waals surface area (Å²) in [6.45, 7) is -0.333. The summed E-state index contributed by atoms with van der Waals surface area (Å²) >= 11 is 0. The molecular weight excluding hydrogens is 500 g/mol. The number of esters is 1. The first-order valence-electron chi connectivity index (χ1n) is 10.9. The molecule has 1 heterocycles. The second-order valence-electron chi connectivity index (χ2n) is 8.10. The number of fused-ring (bicyclic) bond motifs is 1. The SMILES string of the molecule is CS(=O)(=O)OC(CN1C(=O)c2ccccc2C1=O)c1ccc(OC(=O)c2ccc(N=C(N)N)cc2)cc1. The van der Waals surface area contributed by atoms with Crippen molar-refractivity contribution in [2.24, 2.45) is 16.5 Å². The van der Waals surface area contributed by atoms with Gasteiger partial charge in [0.25, 0.3) is 21.9 Å². The highest BCUT2D eigenvalue weighted by atomic mass is 32.2. The number of guanidine groups is 1. The Bertz CT molecular complexity index is 1460. The molecule has 1 aliphatic rings. The molecule has 0 saturated heterocycles. The Labute approximate surface area is 212 Å². The molecule has 3 aromatic carbocycles. The molecule has 0 aromatic heterocycles. The van der Waals surface area contributed by atoms with E-state index in [1.165, 1.54) is 48.5 Å². The molecule has 0 spiro atoms. The number of nitrogens with two attached hydrogens (primary N) is 2. The third-order valence-electron chi connectivity index (χ3n) is 5.34. The molecule has 12 heteroatoms. The minimum absolute atomic E-state index is 0.114. The number of benzene rings is 3. The van der Waals surface area contributed by atoms with Gasteiger partial charge in [0.2, 0.25) is 0 Å². The van der Waals surface area contributed by atoms with E-state index in [2.05, 4.69) is 4.99 Å². The molecule has 0 saturated carbocycles. The lowest BCUT2D eigenvalue weighted by atomic mass is 10.1. The van der Waals surface area contributed by atoms with Gasteiger partial charge in [0.15, 0.2) is 5.96 Å². The van der Waals surface area contributed by atoms with Crippen LogP contribution >= 0.6 is 0 Å². The fraction of sp³-hybridized carbons (Fsp3) is 0.120. The first kappa shape index (κ1) is 25.5. The number of hydrogen-bond donors (Lipinski definition) is 2. The van der Waals surface area contributed by atoms with Gasteiger partial charge in [-0.05, 0) is 54.1 Å². The average molecular weight is 523 g/mol. The summed E-state index contributed by atoms with van der Waals surface area (Å²) in [6.07, 6.45) is -0.304. The van der Waals surface area contributed by atoms with E-state index in [9.17, 15) is 22.8 Å². The van der Waals surface area contributed by atoms with Crippen LogP contribution in [0.25, 0.3) is 0 Å². The van der Waals surface area contributed by atoms with Crippen LogP contribution in [0.1, 0.15) is 42.7 Å². The Morgan fingerprint density at radius 1 is 0.919 bits per heavy atom. The summed E-state index contributed by atoms with van der Waals surface area (Å²) in [5.41, 5.74) is 12.2. The van der Waals surface area contributed by atoms with E-state index >= 15 is 0 Å². The van der Waals surface area contributed by atoms with Crippen LogP contribution in [-0.4, -0.2) is 49.9 Å². The fourth-order valence-corrected chi connectivity index (χ4v) is 4.30. The topological polar surface area (TPSA) is 171 Å². The molecule has 1 aliphatic heterocycles.